The summed E-state index contributed by atoms with van der Waals surface area (Å²) in [6.45, 7) is 2.60. The van der Waals surface area contributed by atoms with Crippen molar-refractivity contribution >= 4 is 29.7 Å². The van der Waals surface area contributed by atoms with E-state index in [-0.39, 0.29) is 11.5 Å². The Morgan fingerprint density at radius 1 is 1.03 bits per heavy atom. The fourth-order valence-electron chi connectivity index (χ4n) is 3.23. The lowest BCUT2D eigenvalue weighted by Crippen LogP contribution is -2.22. The summed E-state index contributed by atoms with van der Waals surface area (Å²) in [6, 6.07) is 18.6. The van der Waals surface area contributed by atoms with E-state index in [1.54, 1.807) is 22.8 Å². The molecule has 4 nitrogen and oxygen atoms in total. The molecule has 0 bridgehead atoms. The summed E-state index contributed by atoms with van der Waals surface area (Å²) < 4.78 is 6.40. The third-order valence-corrected chi connectivity index (χ3v) is 5.29. The molecule has 0 radical (unpaired) electrons. The van der Waals surface area contributed by atoms with Crippen LogP contribution in [0.3, 0.4) is 0 Å². The first-order valence-electron chi connectivity index (χ1n) is 9.85. The molecule has 154 valence electrons. The molecule has 30 heavy (non-hydrogen) atoms. The summed E-state index contributed by atoms with van der Waals surface area (Å²) in [7, 11) is 1.36. The van der Waals surface area contributed by atoms with Crippen molar-refractivity contribution in [3.8, 4) is 0 Å². The number of ether oxygens (including phenoxy) is 1. The largest absolute Gasteiger partial charge is 0.465 e. The van der Waals surface area contributed by atoms with Crippen molar-refractivity contribution in [2.24, 2.45) is 0 Å². The molecule has 0 aliphatic carbocycles. The summed E-state index contributed by atoms with van der Waals surface area (Å²) in [6.07, 6.45) is 5.46. The van der Waals surface area contributed by atoms with Crippen LogP contribution in [0.5, 0.6) is 0 Å². The van der Waals surface area contributed by atoms with E-state index in [1.807, 2.05) is 36.4 Å². The highest BCUT2D eigenvalue weighted by atomic mass is 35.5. The molecule has 0 saturated carbocycles. The minimum Gasteiger partial charge on any atom is -0.465 e. The Hall–Kier alpha value is -3.11. The minimum absolute atomic E-state index is 0.104. The van der Waals surface area contributed by atoms with Crippen LogP contribution < -0.4 is 5.56 Å². The highest BCUT2D eigenvalue weighted by Crippen LogP contribution is 2.18. The molecule has 0 aliphatic heterocycles. The number of rotatable bonds is 7. The zero-order valence-corrected chi connectivity index (χ0v) is 17.9. The predicted molar refractivity (Wildman–Crippen MR) is 122 cm³/mol. The molecule has 0 unspecified atom stereocenters. The van der Waals surface area contributed by atoms with E-state index < -0.39 is 0 Å². The third-order valence-electron chi connectivity index (χ3n) is 4.97. The van der Waals surface area contributed by atoms with Crippen molar-refractivity contribution in [2.75, 3.05) is 7.11 Å². The van der Waals surface area contributed by atoms with Crippen LogP contribution in [-0.2, 0) is 24.1 Å². The molecule has 3 rings (SSSR count). The molecular formula is C25H24ClNO3. The lowest BCUT2D eigenvalue weighted by molar-refractivity contribution is 0.0600. The Balaban J connectivity index is 1.83. The highest BCUT2D eigenvalue weighted by molar-refractivity contribution is 6.32. The van der Waals surface area contributed by atoms with Gasteiger partial charge in [-0.2, -0.15) is 0 Å². The molecular weight excluding hydrogens is 398 g/mol. The number of nitrogens with zero attached hydrogens (tertiary/aromatic N) is 1. The number of esters is 1. The van der Waals surface area contributed by atoms with Crippen LogP contribution in [0, 0.1) is 0 Å². The van der Waals surface area contributed by atoms with Crippen molar-refractivity contribution in [2.45, 2.75) is 26.3 Å². The van der Waals surface area contributed by atoms with Crippen LogP contribution in [0.4, 0.5) is 0 Å². The molecule has 0 amide bonds. The van der Waals surface area contributed by atoms with Crippen LogP contribution in [0.25, 0.3) is 12.2 Å². The average molecular weight is 422 g/mol. The topological polar surface area (TPSA) is 48.3 Å². The number of hydrogen-bond donors (Lipinski definition) is 0. The molecule has 0 N–H and O–H groups in total. The summed E-state index contributed by atoms with van der Waals surface area (Å²) in [4.78, 5) is 24.1. The normalized spacial score (nSPS) is 11.0. The molecule has 5 heteroatoms. The standard InChI is InChI=1S/C25H24ClNO3/c1-3-18-5-4-6-20(17-18)9-13-23-22(26)12-14-24(28)27(23)16-15-19-7-10-21(11-8-19)25(29)30-2/h4-14,17H,3,15-16H2,1-2H3. The number of aromatic nitrogens is 1. The SMILES string of the molecule is CCc1cccc(C=Cc2c(Cl)ccc(=O)n2CCc2ccc(C(=O)OC)cc2)c1. The summed E-state index contributed by atoms with van der Waals surface area (Å²) >= 11 is 6.42. The van der Waals surface area contributed by atoms with E-state index in [9.17, 15) is 9.59 Å². The van der Waals surface area contributed by atoms with E-state index in [4.69, 9.17) is 16.3 Å². The number of methoxy groups -OCH3 is 1. The Morgan fingerprint density at radius 3 is 2.50 bits per heavy atom. The van der Waals surface area contributed by atoms with Gasteiger partial charge in [0.15, 0.2) is 0 Å². The Bertz CT molecular complexity index is 1110. The van der Waals surface area contributed by atoms with Gasteiger partial charge in [0, 0.05) is 12.6 Å². The minimum atomic E-state index is -0.368. The number of hydrogen-bond acceptors (Lipinski definition) is 3. The van der Waals surface area contributed by atoms with E-state index in [0.29, 0.717) is 29.2 Å². The molecule has 2 aromatic carbocycles. The number of carbonyl (C=O) groups is 1. The van der Waals surface area contributed by atoms with Crippen LogP contribution >= 0.6 is 11.6 Å². The number of carbonyl (C=O) groups excluding carboxylic acids is 1. The molecule has 1 heterocycles. The first kappa shape index (κ1) is 21.6. The predicted octanol–water partition coefficient (Wildman–Crippen LogP) is 5.26. The van der Waals surface area contributed by atoms with Crippen molar-refractivity contribution < 1.29 is 9.53 Å². The van der Waals surface area contributed by atoms with Crippen LogP contribution in [0.15, 0.2) is 65.5 Å². The number of benzene rings is 2. The van der Waals surface area contributed by atoms with Crippen LogP contribution in [0.2, 0.25) is 5.02 Å². The second kappa shape index (κ2) is 10.1. The lowest BCUT2D eigenvalue weighted by atomic mass is 10.1. The molecule has 0 fully saturated rings. The van der Waals surface area contributed by atoms with Crippen LogP contribution in [0.1, 0.15) is 39.7 Å². The maximum atomic E-state index is 12.5. The summed E-state index contributed by atoms with van der Waals surface area (Å²) in [5.74, 6) is -0.368. The molecule has 1 aromatic heterocycles. The van der Waals surface area contributed by atoms with Gasteiger partial charge in [-0.25, -0.2) is 4.79 Å². The number of aryl methyl sites for hydroxylation is 2. The highest BCUT2D eigenvalue weighted by Gasteiger charge is 2.08. The summed E-state index contributed by atoms with van der Waals surface area (Å²) in [5, 5.41) is 0.526. The van der Waals surface area contributed by atoms with Gasteiger partial charge in [0.1, 0.15) is 0 Å². The second-order valence-electron chi connectivity index (χ2n) is 6.93. The van der Waals surface area contributed by atoms with Gasteiger partial charge in [-0.05, 0) is 53.8 Å². The van der Waals surface area contributed by atoms with Crippen molar-refractivity contribution in [3.63, 3.8) is 0 Å². The second-order valence-corrected chi connectivity index (χ2v) is 7.33. The fourth-order valence-corrected chi connectivity index (χ4v) is 3.45. The van der Waals surface area contributed by atoms with Crippen molar-refractivity contribution in [1.82, 2.24) is 4.57 Å². The smallest absolute Gasteiger partial charge is 0.337 e. The van der Waals surface area contributed by atoms with E-state index in [1.165, 1.54) is 18.7 Å². The maximum Gasteiger partial charge on any atom is 0.337 e. The fraction of sp³-hybridized carbons (Fsp3) is 0.200. The Kier molecular flexibility index (Phi) is 7.26. The monoisotopic (exact) mass is 421 g/mol. The Morgan fingerprint density at radius 2 is 1.80 bits per heavy atom. The van der Waals surface area contributed by atoms with Gasteiger partial charge >= 0.3 is 5.97 Å². The average Bonchev–Trinajstić information content (AvgIpc) is 2.78. The zero-order chi connectivity index (χ0) is 21.5. The van der Waals surface area contributed by atoms with Gasteiger partial charge in [-0.15, -0.1) is 0 Å². The third kappa shape index (κ3) is 5.28. The van der Waals surface area contributed by atoms with Crippen molar-refractivity contribution in [1.29, 1.82) is 0 Å². The number of pyridine rings is 1. The quantitative estimate of drug-likeness (QED) is 0.488. The maximum absolute atomic E-state index is 12.5. The zero-order valence-electron chi connectivity index (χ0n) is 17.1. The summed E-state index contributed by atoms with van der Waals surface area (Å²) in [5.41, 5.74) is 4.40. The first-order chi connectivity index (χ1) is 14.5. The van der Waals surface area contributed by atoms with E-state index in [0.717, 1.165) is 17.5 Å². The van der Waals surface area contributed by atoms with Gasteiger partial charge in [-0.1, -0.05) is 61.0 Å². The van der Waals surface area contributed by atoms with E-state index >= 15 is 0 Å². The van der Waals surface area contributed by atoms with Gasteiger partial charge in [0.25, 0.3) is 5.56 Å². The van der Waals surface area contributed by atoms with Crippen molar-refractivity contribution in [3.05, 3.63) is 104 Å². The number of halogens is 1. The van der Waals surface area contributed by atoms with Gasteiger partial charge in [-0.3, -0.25) is 4.79 Å². The van der Waals surface area contributed by atoms with Gasteiger partial charge in [0.2, 0.25) is 0 Å². The van der Waals surface area contributed by atoms with Crippen LogP contribution in [-0.4, -0.2) is 17.6 Å². The molecule has 0 spiro atoms. The Labute approximate surface area is 181 Å². The molecule has 3 aromatic rings. The molecule has 0 aliphatic rings. The first-order valence-corrected chi connectivity index (χ1v) is 10.2. The molecule has 0 saturated heterocycles. The van der Waals surface area contributed by atoms with Gasteiger partial charge in [0.05, 0.1) is 23.4 Å². The van der Waals surface area contributed by atoms with E-state index in [2.05, 4.69) is 19.1 Å². The lowest BCUT2D eigenvalue weighted by Gasteiger charge is -2.12. The molecule has 0 atom stereocenters. The van der Waals surface area contributed by atoms with Gasteiger partial charge < -0.3 is 9.30 Å².